The molecule has 0 amide bonds. The van der Waals surface area contributed by atoms with Crippen molar-refractivity contribution in [1.29, 1.82) is 0 Å². The molecule has 2 saturated heterocycles. The van der Waals surface area contributed by atoms with Crippen LogP contribution < -0.4 is 5.32 Å². The van der Waals surface area contributed by atoms with Crippen LogP contribution >= 0.6 is 0 Å². The van der Waals surface area contributed by atoms with Gasteiger partial charge in [0.25, 0.3) is 0 Å². The number of sulfonamides is 1. The smallest absolute Gasteiger partial charge is 0.244 e. The molecule has 156 valence electrons. The molecule has 0 radical (unpaired) electrons. The molecule has 7 nitrogen and oxygen atoms in total. The summed E-state index contributed by atoms with van der Waals surface area (Å²) in [5, 5.41) is 3.40. The van der Waals surface area contributed by atoms with Crippen molar-refractivity contribution >= 4 is 15.8 Å². The maximum Gasteiger partial charge on any atom is 0.244 e. The number of benzene rings is 1. The highest BCUT2D eigenvalue weighted by Crippen LogP contribution is 2.25. The minimum Gasteiger partial charge on any atom is -0.379 e. The molecule has 2 aliphatic heterocycles. The third kappa shape index (κ3) is 4.78. The van der Waals surface area contributed by atoms with Crippen LogP contribution in [0, 0.1) is 0 Å². The number of hydrogen-bond acceptors (Lipinski definition) is 6. The average Bonchev–Trinajstić information content (AvgIpc) is 3.30. The van der Waals surface area contributed by atoms with E-state index >= 15 is 0 Å². The Morgan fingerprint density at radius 1 is 1.00 bits per heavy atom. The average molecular weight is 417 g/mol. The zero-order chi connectivity index (χ0) is 20.1. The number of nitrogens with one attached hydrogen (secondary N) is 1. The maximum absolute atomic E-state index is 12.7. The van der Waals surface area contributed by atoms with Gasteiger partial charge in [0, 0.05) is 25.8 Å². The molecule has 2 aliphatic rings. The molecule has 1 N–H and O–H groups in total. The van der Waals surface area contributed by atoms with Crippen molar-refractivity contribution in [1.82, 2.24) is 14.2 Å². The van der Waals surface area contributed by atoms with Gasteiger partial charge in [-0.05, 0) is 43.6 Å². The highest BCUT2D eigenvalue weighted by atomic mass is 32.2. The molecule has 1 aromatic heterocycles. The molecular formula is C21H28N4O3S. The number of hydrogen-bond donors (Lipinski definition) is 1. The highest BCUT2D eigenvalue weighted by Gasteiger charge is 2.27. The van der Waals surface area contributed by atoms with Gasteiger partial charge in [0.1, 0.15) is 10.7 Å². The lowest BCUT2D eigenvalue weighted by Crippen LogP contribution is -2.40. The molecule has 1 unspecified atom stereocenters. The van der Waals surface area contributed by atoms with Gasteiger partial charge in [-0.25, -0.2) is 13.4 Å². The maximum atomic E-state index is 12.7. The highest BCUT2D eigenvalue weighted by molar-refractivity contribution is 7.89. The molecule has 2 aromatic rings. The van der Waals surface area contributed by atoms with Gasteiger partial charge in [0.2, 0.25) is 10.0 Å². The Morgan fingerprint density at radius 3 is 2.38 bits per heavy atom. The number of likely N-dealkylation sites (tertiary alicyclic amines) is 1. The van der Waals surface area contributed by atoms with Gasteiger partial charge in [-0.3, -0.25) is 4.90 Å². The summed E-state index contributed by atoms with van der Waals surface area (Å²) in [5.41, 5.74) is 1.29. The molecule has 0 aliphatic carbocycles. The minimum absolute atomic E-state index is 0.226. The Kier molecular flexibility index (Phi) is 6.44. The minimum atomic E-state index is -3.51. The number of pyridine rings is 1. The number of rotatable bonds is 7. The first kappa shape index (κ1) is 20.3. The molecule has 8 heteroatoms. The molecule has 0 bridgehead atoms. The molecule has 3 heterocycles. The number of anilines is 1. The molecular weight excluding hydrogens is 388 g/mol. The molecule has 4 rings (SSSR count). The lowest BCUT2D eigenvalue weighted by molar-refractivity contribution is 0.0730. The van der Waals surface area contributed by atoms with E-state index in [0.29, 0.717) is 32.1 Å². The van der Waals surface area contributed by atoms with E-state index in [0.717, 1.165) is 19.6 Å². The van der Waals surface area contributed by atoms with Gasteiger partial charge >= 0.3 is 0 Å². The lowest BCUT2D eigenvalue weighted by Gasteiger charge is -2.28. The SMILES string of the molecule is O=S(=O)(c1ccc(NCC(c2ccccc2)N2CCCC2)nc1)N1CCOCC1. The summed E-state index contributed by atoms with van der Waals surface area (Å²) >= 11 is 0. The second kappa shape index (κ2) is 9.21. The first-order valence-corrected chi connectivity index (χ1v) is 11.7. The molecule has 0 spiro atoms. The zero-order valence-corrected chi connectivity index (χ0v) is 17.4. The Hall–Kier alpha value is -2.00. The fourth-order valence-electron chi connectivity index (χ4n) is 3.96. The van der Waals surface area contributed by atoms with Crippen molar-refractivity contribution < 1.29 is 13.2 Å². The van der Waals surface area contributed by atoms with Crippen LogP contribution in [0.4, 0.5) is 5.82 Å². The normalized spacial score (nSPS) is 19.9. The fraction of sp³-hybridized carbons (Fsp3) is 0.476. The summed E-state index contributed by atoms with van der Waals surface area (Å²) in [6.07, 6.45) is 3.91. The van der Waals surface area contributed by atoms with Gasteiger partial charge in [-0.1, -0.05) is 30.3 Å². The number of morpholine rings is 1. The van der Waals surface area contributed by atoms with E-state index in [-0.39, 0.29) is 10.9 Å². The van der Waals surface area contributed by atoms with Gasteiger partial charge < -0.3 is 10.1 Å². The van der Waals surface area contributed by atoms with Crippen LogP contribution in [0.15, 0.2) is 53.6 Å². The third-order valence-corrected chi connectivity index (χ3v) is 7.47. The van der Waals surface area contributed by atoms with Crippen LogP contribution in [0.1, 0.15) is 24.4 Å². The van der Waals surface area contributed by atoms with Crippen molar-refractivity contribution in [2.75, 3.05) is 51.3 Å². The van der Waals surface area contributed by atoms with E-state index in [1.165, 1.54) is 28.9 Å². The Bertz CT molecular complexity index is 878. The number of nitrogens with zero attached hydrogens (tertiary/aromatic N) is 3. The summed E-state index contributed by atoms with van der Waals surface area (Å²) < 4.78 is 32.2. The monoisotopic (exact) mass is 416 g/mol. The van der Waals surface area contributed by atoms with Gasteiger partial charge in [-0.2, -0.15) is 4.31 Å². The first-order valence-electron chi connectivity index (χ1n) is 10.2. The van der Waals surface area contributed by atoms with Crippen LogP contribution in [-0.2, 0) is 14.8 Å². The topological polar surface area (TPSA) is 74.8 Å². The fourth-order valence-corrected chi connectivity index (χ4v) is 5.31. The van der Waals surface area contributed by atoms with E-state index in [4.69, 9.17) is 4.74 Å². The summed E-state index contributed by atoms with van der Waals surface area (Å²) in [7, 11) is -3.51. The standard InChI is InChI=1S/C21H28N4O3S/c26-29(27,25-12-14-28-15-13-25)19-8-9-21(22-16-19)23-17-20(24-10-4-5-11-24)18-6-2-1-3-7-18/h1-3,6-9,16,20H,4-5,10-15,17H2,(H,22,23). The van der Waals surface area contributed by atoms with E-state index in [9.17, 15) is 8.42 Å². The largest absolute Gasteiger partial charge is 0.379 e. The van der Waals surface area contributed by atoms with Crippen molar-refractivity contribution in [3.63, 3.8) is 0 Å². The Balaban J connectivity index is 1.43. The van der Waals surface area contributed by atoms with Crippen molar-refractivity contribution in [3.8, 4) is 0 Å². The zero-order valence-electron chi connectivity index (χ0n) is 16.5. The van der Waals surface area contributed by atoms with Crippen LogP contribution in [0.2, 0.25) is 0 Å². The Labute approximate surface area is 172 Å². The van der Waals surface area contributed by atoms with E-state index in [1.807, 2.05) is 6.07 Å². The predicted molar refractivity (Wildman–Crippen MR) is 112 cm³/mol. The summed E-state index contributed by atoms with van der Waals surface area (Å²) in [5.74, 6) is 0.686. The molecule has 1 atom stereocenters. The van der Waals surface area contributed by atoms with E-state index in [1.54, 1.807) is 12.1 Å². The van der Waals surface area contributed by atoms with Crippen molar-refractivity contribution in [3.05, 3.63) is 54.2 Å². The lowest BCUT2D eigenvalue weighted by atomic mass is 10.1. The number of aromatic nitrogens is 1. The first-order chi connectivity index (χ1) is 14.1. The molecule has 0 saturated carbocycles. The molecule has 1 aromatic carbocycles. The van der Waals surface area contributed by atoms with Crippen LogP contribution in [0.25, 0.3) is 0 Å². The molecule has 29 heavy (non-hydrogen) atoms. The van der Waals surface area contributed by atoms with Gasteiger partial charge in [-0.15, -0.1) is 0 Å². The van der Waals surface area contributed by atoms with E-state index < -0.39 is 10.0 Å². The third-order valence-electron chi connectivity index (χ3n) is 5.59. The van der Waals surface area contributed by atoms with Crippen molar-refractivity contribution in [2.45, 2.75) is 23.8 Å². The quantitative estimate of drug-likeness (QED) is 0.747. The predicted octanol–water partition coefficient (Wildman–Crippen LogP) is 2.35. The second-order valence-electron chi connectivity index (χ2n) is 7.45. The number of ether oxygens (including phenoxy) is 1. The van der Waals surface area contributed by atoms with E-state index in [2.05, 4.69) is 39.5 Å². The molecule has 2 fully saturated rings. The second-order valence-corrected chi connectivity index (χ2v) is 9.38. The van der Waals surface area contributed by atoms with Gasteiger partial charge in [0.05, 0.1) is 19.3 Å². The van der Waals surface area contributed by atoms with Gasteiger partial charge in [0.15, 0.2) is 0 Å². The van der Waals surface area contributed by atoms with Crippen LogP contribution in [-0.4, -0.2) is 68.5 Å². The van der Waals surface area contributed by atoms with Crippen molar-refractivity contribution in [2.24, 2.45) is 0 Å². The summed E-state index contributed by atoms with van der Waals surface area (Å²) in [6.45, 7) is 4.57. The Morgan fingerprint density at radius 2 is 1.72 bits per heavy atom. The van der Waals surface area contributed by atoms with Crippen LogP contribution in [0.3, 0.4) is 0 Å². The summed E-state index contributed by atoms with van der Waals surface area (Å²) in [4.78, 5) is 7.09. The summed E-state index contributed by atoms with van der Waals surface area (Å²) in [6, 6.07) is 14.2. The van der Waals surface area contributed by atoms with Crippen LogP contribution in [0.5, 0.6) is 0 Å².